The van der Waals surface area contributed by atoms with Crippen LogP contribution in [0.25, 0.3) is 0 Å². The quantitative estimate of drug-likeness (QED) is 0.805. The van der Waals surface area contributed by atoms with Gasteiger partial charge in [0.1, 0.15) is 11.6 Å². The van der Waals surface area contributed by atoms with E-state index in [4.69, 9.17) is 0 Å². The highest BCUT2D eigenvalue weighted by molar-refractivity contribution is 5.16. The number of halogens is 2. The van der Waals surface area contributed by atoms with Crippen LogP contribution in [0.5, 0.6) is 0 Å². The molecular formula is C10H11F2NO. The average molecular weight is 199 g/mol. The first-order valence-corrected chi connectivity index (χ1v) is 4.61. The van der Waals surface area contributed by atoms with E-state index in [1.54, 1.807) is 0 Å². The van der Waals surface area contributed by atoms with E-state index in [9.17, 15) is 13.9 Å². The van der Waals surface area contributed by atoms with Gasteiger partial charge in [-0.2, -0.15) is 0 Å². The summed E-state index contributed by atoms with van der Waals surface area (Å²) in [5.74, 6) is -1.26. The molecule has 0 radical (unpaired) electrons. The Morgan fingerprint density at radius 3 is 2.36 bits per heavy atom. The van der Waals surface area contributed by atoms with Crippen LogP contribution in [-0.2, 0) is 6.42 Å². The summed E-state index contributed by atoms with van der Waals surface area (Å²) < 4.78 is 26.1. The Hall–Kier alpha value is -1.03. The third-order valence-electron chi connectivity index (χ3n) is 2.62. The Morgan fingerprint density at radius 2 is 1.86 bits per heavy atom. The minimum Gasteiger partial charge on any atom is -0.390 e. The molecule has 1 heterocycles. The van der Waals surface area contributed by atoms with E-state index in [2.05, 4.69) is 4.98 Å². The van der Waals surface area contributed by atoms with Crippen LogP contribution in [0.1, 0.15) is 24.8 Å². The molecule has 1 fully saturated rings. The number of hydrogen-bond acceptors (Lipinski definition) is 2. The molecule has 0 amide bonds. The van der Waals surface area contributed by atoms with Gasteiger partial charge in [0.05, 0.1) is 18.0 Å². The van der Waals surface area contributed by atoms with Gasteiger partial charge >= 0.3 is 0 Å². The van der Waals surface area contributed by atoms with E-state index in [0.29, 0.717) is 6.42 Å². The lowest BCUT2D eigenvalue weighted by Crippen LogP contribution is -2.09. The van der Waals surface area contributed by atoms with Gasteiger partial charge in [0.15, 0.2) is 0 Å². The van der Waals surface area contributed by atoms with Gasteiger partial charge in [-0.15, -0.1) is 0 Å². The summed E-state index contributed by atoms with van der Waals surface area (Å²) in [7, 11) is 0. The van der Waals surface area contributed by atoms with Crippen LogP contribution < -0.4 is 0 Å². The topological polar surface area (TPSA) is 33.1 Å². The van der Waals surface area contributed by atoms with Crippen molar-refractivity contribution >= 4 is 0 Å². The van der Waals surface area contributed by atoms with Crippen molar-refractivity contribution in [3.8, 4) is 0 Å². The van der Waals surface area contributed by atoms with E-state index in [-0.39, 0.29) is 12.0 Å². The number of nitrogens with zero attached hydrogens (tertiary/aromatic N) is 1. The highest BCUT2D eigenvalue weighted by atomic mass is 19.1. The Morgan fingerprint density at radius 1 is 1.29 bits per heavy atom. The average Bonchev–Trinajstić information content (AvgIpc) is 2.83. The maximum atomic E-state index is 13.1. The van der Waals surface area contributed by atoms with E-state index >= 15 is 0 Å². The van der Waals surface area contributed by atoms with Crippen LogP contribution in [0, 0.1) is 11.6 Å². The number of aromatic nitrogens is 1. The van der Waals surface area contributed by atoms with Gasteiger partial charge in [-0.25, -0.2) is 8.78 Å². The lowest BCUT2D eigenvalue weighted by atomic mass is 10.1. The first kappa shape index (κ1) is 9.52. The monoisotopic (exact) mass is 199 g/mol. The third kappa shape index (κ3) is 1.90. The fraction of sp³-hybridized carbons (Fsp3) is 0.500. The largest absolute Gasteiger partial charge is 0.390 e. The molecule has 1 aliphatic carbocycles. The minimum absolute atomic E-state index is 0.0281. The highest BCUT2D eigenvalue weighted by Crippen LogP contribution is 2.39. The molecule has 0 spiro atoms. The molecule has 2 nitrogen and oxygen atoms in total. The predicted molar refractivity (Wildman–Crippen MR) is 46.7 cm³/mol. The van der Waals surface area contributed by atoms with Gasteiger partial charge in [0.25, 0.3) is 0 Å². The van der Waals surface area contributed by atoms with Gasteiger partial charge in [-0.3, -0.25) is 4.98 Å². The number of hydrogen-bond donors (Lipinski definition) is 1. The molecule has 1 aromatic rings. The van der Waals surface area contributed by atoms with E-state index in [1.807, 2.05) is 0 Å². The molecule has 76 valence electrons. The maximum absolute atomic E-state index is 13.1. The minimum atomic E-state index is -0.665. The van der Waals surface area contributed by atoms with E-state index in [1.165, 1.54) is 0 Å². The summed E-state index contributed by atoms with van der Waals surface area (Å²) in [5.41, 5.74) is -0.636. The van der Waals surface area contributed by atoms with Gasteiger partial charge in [0, 0.05) is 5.56 Å². The normalized spacial score (nSPS) is 18.2. The summed E-state index contributed by atoms with van der Waals surface area (Å²) >= 11 is 0. The van der Waals surface area contributed by atoms with Crippen molar-refractivity contribution in [1.82, 2.24) is 4.98 Å². The number of rotatable bonds is 3. The van der Waals surface area contributed by atoms with Crippen LogP contribution in [0.2, 0.25) is 0 Å². The van der Waals surface area contributed by atoms with Gasteiger partial charge in [-0.1, -0.05) is 0 Å². The molecule has 1 aliphatic rings. The molecule has 0 saturated heterocycles. The Kier molecular flexibility index (Phi) is 2.23. The summed E-state index contributed by atoms with van der Waals surface area (Å²) in [6, 6.07) is 0. The Labute approximate surface area is 80.6 Å². The molecule has 0 unspecified atom stereocenters. The standard InChI is InChI=1S/C10H11F2NO/c11-8-5-13-6-9(12)7(8)1-2-10(14)3-4-10/h5-6,14H,1-4H2. The maximum Gasteiger partial charge on any atom is 0.147 e. The lowest BCUT2D eigenvalue weighted by molar-refractivity contribution is 0.140. The zero-order valence-corrected chi connectivity index (χ0v) is 7.63. The molecule has 0 bridgehead atoms. The second-order valence-electron chi connectivity index (χ2n) is 3.81. The third-order valence-corrected chi connectivity index (χ3v) is 2.62. The highest BCUT2D eigenvalue weighted by Gasteiger charge is 2.39. The van der Waals surface area contributed by atoms with Crippen LogP contribution in [0.3, 0.4) is 0 Å². The molecule has 4 heteroatoms. The zero-order chi connectivity index (χ0) is 10.2. The summed E-state index contributed by atoms with van der Waals surface area (Å²) in [6.45, 7) is 0. The second kappa shape index (κ2) is 3.28. The molecule has 2 rings (SSSR count). The molecule has 1 saturated carbocycles. The predicted octanol–water partition coefficient (Wildman–Crippen LogP) is 1.82. The van der Waals surface area contributed by atoms with Crippen LogP contribution in [-0.4, -0.2) is 15.7 Å². The van der Waals surface area contributed by atoms with Crippen molar-refractivity contribution < 1.29 is 13.9 Å². The lowest BCUT2D eigenvalue weighted by Gasteiger charge is -2.08. The summed E-state index contributed by atoms with van der Waals surface area (Å²) in [4.78, 5) is 3.39. The molecule has 1 aromatic heterocycles. The van der Waals surface area contributed by atoms with E-state index < -0.39 is 17.2 Å². The molecule has 0 aliphatic heterocycles. The van der Waals surface area contributed by atoms with Crippen molar-refractivity contribution in [1.29, 1.82) is 0 Å². The van der Waals surface area contributed by atoms with Gasteiger partial charge < -0.3 is 5.11 Å². The molecular weight excluding hydrogens is 188 g/mol. The summed E-state index contributed by atoms with van der Waals surface area (Å²) in [5, 5.41) is 9.51. The first-order chi connectivity index (χ1) is 6.61. The van der Waals surface area contributed by atoms with Crippen molar-refractivity contribution in [2.24, 2.45) is 0 Å². The molecule has 14 heavy (non-hydrogen) atoms. The first-order valence-electron chi connectivity index (χ1n) is 4.61. The summed E-state index contributed by atoms with van der Waals surface area (Å²) in [6.07, 6.45) is 4.12. The van der Waals surface area contributed by atoms with Crippen LogP contribution in [0.15, 0.2) is 12.4 Å². The SMILES string of the molecule is OC1(CCc2c(F)cncc2F)CC1. The fourth-order valence-corrected chi connectivity index (χ4v) is 1.43. The molecule has 1 N–H and O–H groups in total. The smallest absolute Gasteiger partial charge is 0.147 e. The molecule has 0 atom stereocenters. The van der Waals surface area contributed by atoms with Gasteiger partial charge in [0.2, 0.25) is 0 Å². The van der Waals surface area contributed by atoms with Crippen molar-refractivity contribution in [3.63, 3.8) is 0 Å². The molecule has 0 aromatic carbocycles. The Balaban J connectivity index is 2.08. The van der Waals surface area contributed by atoms with E-state index in [0.717, 1.165) is 25.2 Å². The van der Waals surface area contributed by atoms with Crippen LogP contribution >= 0.6 is 0 Å². The van der Waals surface area contributed by atoms with Gasteiger partial charge in [-0.05, 0) is 25.7 Å². The van der Waals surface area contributed by atoms with Crippen LogP contribution in [0.4, 0.5) is 8.78 Å². The Bertz CT molecular complexity index is 330. The second-order valence-corrected chi connectivity index (χ2v) is 3.81. The zero-order valence-electron chi connectivity index (χ0n) is 7.63. The fourth-order valence-electron chi connectivity index (χ4n) is 1.43. The van der Waals surface area contributed by atoms with Crippen molar-refractivity contribution in [2.45, 2.75) is 31.3 Å². The number of pyridine rings is 1. The van der Waals surface area contributed by atoms with Crippen molar-refractivity contribution in [2.75, 3.05) is 0 Å². The van der Waals surface area contributed by atoms with Crippen molar-refractivity contribution in [3.05, 3.63) is 29.6 Å². The number of aliphatic hydroxyl groups is 1.